The number of anilines is 3. The number of benzene rings is 1. The van der Waals surface area contributed by atoms with Crippen molar-refractivity contribution in [1.29, 1.82) is 0 Å². The summed E-state index contributed by atoms with van der Waals surface area (Å²) >= 11 is 0. The first-order valence-electron chi connectivity index (χ1n) is 11.8. The fraction of sp³-hybridized carbons (Fsp3) is 0.440. The quantitative estimate of drug-likeness (QED) is 0.277. The zero-order valence-corrected chi connectivity index (χ0v) is 21.1. The van der Waals surface area contributed by atoms with Crippen molar-refractivity contribution in [3.05, 3.63) is 48.2 Å². The van der Waals surface area contributed by atoms with Gasteiger partial charge in [-0.25, -0.2) is 0 Å². The molecule has 0 aliphatic heterocycles. The molecule has 4 aromatic rings. The van der Waals surface area contributed by atoms with Gasteiger partial charge < -0.3 is 25.9 Å². The van der Waals surface area contributed by atoms with E-state index >= 15 is 0 Å². The van der Waals surface area contributed by atoms with Crippen LogP contribution in [-0.2, 0) is 6.42 Å². The van der Waals surface area contributed by atoms with Gasteiger partial charge in [-0.3, -0.25) is 0 Å². The molecule has 3 aromatic heterocycles. The summed E-state index contributed by atoms with van der Waals surface area (Å²) in [7, 11) is 0. The molecule has 0 unspecified atom stereocenters. The molecular weight excluding hydrogens is 444 g/mol. The number of nitrogens with two attached hydrogens (primary N) is 1. The summed E-state index contributed by atoms with van der Waals surface area (Å²) in [4.78, 5) is 13.0. The van der Waals surface area contributed by atoms with Crippen LogP contribution in [0.25, 0.3) is 17.4 Å². The summed E-state index contributed by atoms with van der Waals surface area (Å²) in [5.74, 6) is 2.71. The van der Waals surface area contributed by atoms with Crippen LogP contribution >= 0.6 is 0 Å². The van der Waals surface area contributed by atoms with Crippen LogP contribution in [0.4, 0.5) is 17.6 Å². The van der Waals surface area contributed by atoms with E-state index in [9.17, 15) is 0 Å². The van der Waals surface area contributed by atoms with E-state index in [2.05, 4.69) is 77.4 Å². The van der Waals surface area contributed by atoms with E-state index in [4.69, 9.17) is 15.3 Å². The first kappa shape index (κ1) is 26.0. The van der Waals surface area contributed by atoms with Gasteiger partial charge in [0.2, 0.25) is 17.7 Å². The number of nitrogens with zero attached hydrogens (tertiary/aromatic N) is 5. The first-order valence-corrected chi connectivity index (χ1v) is 11.8. The van der Waals surface area contributed by atoms with E-state index < -0.39 is 0 Å². The van der Waals surface area contributed by atoms with E-state index in [0.717, 1.165) is 18.0 Å². The summed E-state index contributed by atoms with van der Waals surface area (Å²) in [6.45, 7) is 11.4. The van der Waals surface area contributed by atoms with Crippen molar-refractivity contribution in [3.8, 4) is 11.6 Å². The molecule has 10 nitrogen and oxygen atoms in total. The zero-order valence-electron chi connectivity index (χ0n) is 21.1. The van der Waals surface area contributed by atoms with Crippen molar-refractivity contribution in [1.82, 2.24) is 24.6 Å². The number of rotatable bonds is 9. The monoisotopic (exact) mass is 480 g/mol. The molecule has 0 saturated heterocycles. The maximum atomic E-state index is 9.16. The number of hydrogen-bond acceptors (Lipinski definition) is 9. The third-order valence-electron chi connectivity index (χ3n) is 4.85. The number of nitrogen functional groups attached to an aromatic ring is 1. The van der Waals surface area contributed by atoms with Crippen molar-refractivity contribution in [2.75, 3.05) is 29.5 Å². The molecule has 0 bridgehead atoms. The lowest BCUT2D eigenvalue weighted by Crippen LogP contribution is -2.31. The summed E-state index contributed by atoms with van der Waals surface area (Å²) in [6, 6.07) is 11.8. The Bertz CT molecular complexity index is 1180. The molecule has 0 aliphatic carbocycles. The highest BCUT2D eigenvalue weighted by molar-refractivity contribution is 5.52. The largest absolute Gasteiger partial charge is 0.461 e. The molecule has 0 amide bonds. The van der Waals surface area contributed by atoms with E-state index in [1.807, 2.05) is 12.1 Å². The van der Waals surface area contributed by atoms with Crippen molar-refractivity contribution in [2.45, 2.75) is 53.0 Å². The predicted molar refractivity (Wildman–Crippen MR) is 139 cm³/mol. The lowest BCUT2D eigenvalue weighted by Gasteiger charge is -2.26. The standard InChI is InChI=1S/C21H26N8O2.C4H10/c1-21(2,10-12-30)27-15-7-5-14(6-8-15)9-11-23-19-25-18(22)29-20(26-19)24-17(28-29)16-4-3-13-31-16;1-4(2)3/h3-8,13,27,30H,9-12H2,1-2H3,(H3,22,23,24,25,26,28);4H,1-3H3. The van der Waals surface area contributed by atoms with E-state index in [1.165, 1.54) is 10.1 Å². The molecule has 0 atom stereocenters. The van der Waals surface area contributed by atoms with Crippen LogP contribution < -0.4 is 16.4 Å². The Labute approximate surface area is 206 Å². The lowest BCUT2D eigenvalue weighted by molar-refractivity contribution is 0.261. The summed E-state index contributed by atoms with van der Waals surface area (Å²) in [5.41, 5.74) is 8.05. The summed E-state index contributed by atoms with van der Waals surface area (Å²) in [6.07, 6.45) is 3.03. The Morgan fingerprint density at radius 3 is 2.43 bits per heavy atom. The summed E-state index contributed by atoms with van der Waals surface area (Å²) in [5, 5.41) is 20.1. The van der Waals surface area contributed by atoms with Gasteiger partial charge in [0.25, 0.3) is 5.78 Å². The molecule has 3 heterocycles. The number of hydrogen-bond donors (Lipinski definition) is 4. The Kier molecular flexibility index (Phi) is 8.64. The first-order chi connectivity index (χ1) is 16.7. The second-order valence-electron chi connectivity index (χ2n) is 9.62. The average molecular weight is 481 g/mol. The van der Waals surface area contributed by atoms with Crippen molar-refractivity contribution >= 4 is 23.4 Å². The second kappa shape index (κ2) is 11.7. The number of furan rings is 1. The van der Waals surface area contributed by atoms with Gasteiger partial charge in [-0.1, -0.05) is 32.9 Å². The van der Waals surface area contributed by atoms with Gasteiger partial charge in [-0.2, -0.15) is 19.5 Å². The normalized spacial score (nSPS) is 11.4. The van der Waals surface area contributed by atoms with Crippen molar-refractivity contribution in [2.24, 2.45) is 5.92 Å². The Morgan fingerprint density at radius 1 is 1.09 bits per heavy atom. The minimum Gasteiger partial charge on any atom is -0.461 e. The van der Waals surface area contributed by atoms with E-state index in [0.29, 0.717) is 36.3 Å². The topological polar surface area (TPSA) is 139 Å². The fourth-order valence-electron chi connectivity index (χ4n) is 3.20. The number of nitrogens with one attached hydrogen (secondary N) is 2. The fourth-order valence-corrected chi connectivity index (χ4v) is 3.20. The van der Waals surface area contributed by atoms with E-state index in [1.54, 1.807) is 18.4 Å². The van der Waals surface area contributed by atoms with Gasteiger partial charge >= 0.3 is 0 Å². The molecule has 0 fully saturated rings. The Hall–Kier alpha value is -3.66. The molecule has 5 N–H and O–H groups in total. The highest BCUT2D eigenvalue weighted by Gasteiger charge is 2.16. The minimum atomic E-state index is -0.160. The van der Waals surface area contributed by atoms with Gasteiger partial charge in [-0.05, 0) is 62.4 Å². The molecule has 0 radical (unpaired) electrons. The van der Waals surface area contributed by atoms with Crippen molar-refractivity contribution in [3.63, 3.8) is 0 Å². The van der Waals surface area contributed by atoms with Crippen LogP contribution in [0.1, 0.15) is 46.6 Å². The van der Waals surface area contributed by atoms with Crippen LogP contribution in [0.3, 0.4) is 0 Å². The van der Waals surface area contributed by atoms with Gasteiger partial charge in [0.05, 0.1) is 6.26 Å². The molecule has 10 heteroatoms. The number of aromatic nitrogens is 5. The van der Waals surface area contributed by atoms with Crippen LogP contribution in [-0.4, -0.2) is 48.4 Å². The number of fused-ring (bicyclic) bond motifs is 1. The van der Waals surface area contributed by atoms with Crippen LogP contribution in [0.2, 0.25) is 0 Å². The molecule has 0 saturated carbocycles. The lowest BCUT2D eigenvalue weighted by atomic mass is 10.0. The summed E-state index contributed by atoms with van der Waals surface area (Å²) < 4.78 is 6.70. The predicted octanol–water partition coefficient (Wildman–Crippen LogP) is 4.25. The third-order valence-corrected chi connectivity index (χ3v) is 4.85. The van der Waals surface area contributed by atoms with Crippen LogP contribution in [0, 0.1) is 5.92 Å². The molecular formula is C25H36N8O2. The molecule has 1 aromatic carbocycles. The smallest absolute Gasteiger partial charge is 0.259 e. The molecule has 188 valence electrons. The maximum absolute atomic E-state index is 9.16. The Balaban J connectivity index is 0.000000795. The van der Waals surface area contributed by atoms with Crippen LogP contribution in [0.5, 0.6) is 0 Å². The second-order valence-corrected chi connectivity index (χ2v) is 9.62. The van der Waals surface area contributed by atoms with Gasteiger partial charge in [0, 0.05) is 24.4 Å². The average Bonchev–Trinajstić information content (AvgIpc) is 3.44. The number of aliphatic hydroxyl groups is 1. The van der Waals surface area contributed by atoms with Gasteiger partial charge in [0.15, 0.2) is 5.76 Å². The molecule has 4 rings (SSSR count). The highest BCUT2D eigenvalue weighted by Crippen LogP contribution is 2.19. The van der Waals surface area contributed by atoms with Crippen LogP contribution in [0.15, 0.2) is 47.1 Å². The molecule has 35 heavy (non-hydrogen) atoms. The molecule has 0 spiro atoms. The Morgan fingerprint density at radius 2 is 1.80 bits per heavy atom. The zero-order chi connectivity index (χ0) is 25.4. The highest BCUT2D eigenvalue weighted by atomic mass is 16.3. The van der Waals surface area contributed by atoms with E-state index in [-0.39, 0.29) is 18.1 Å². The molecule has 0 aliphatic rings. The third kappa shape index (κ3) is 7.68. The van der Waals surface area contributed by atoms with Gasteiger partial charge in [-0.15, -0.1) is 5.10 Å². The van der Waals surface area contributed by atoms with Gasteiger partial charge in [0.1, 0.15) is 0 Å². The SMILES string of the molecule is CC(C)(CCO)Nc1ccc(CCNc2nc(N)n3nc(-c4ccco4)nc3n2)cc1.CC(C)C. The van der Waals surface area contributed by atoms with Crippen molar-refractivity contribution < 1.29 is 9.52 Å². The maximum Gasteiger partial charge on any atom is 0.259 e. The minimum absolute atomic E-state index is 0.154. The number of aliphatic hydroxyl groups excluding tert-OH is 1.